The van der Waals surface area contributed by atoms with Crippen molar-refractivity contribution in [1.29, 1.82) is 0 Å². The molecule has 0 unspecified atom stereocenters. The summed E-state index contributed by atoms with van der Waals surface area (Å²) in [6, 6.07) is 8.96. The van der Waals surface area contributed by atoms with Gasteiger partial charge >= 0.3 is 0 Å². The molecular formula is C20H31N5. The summed E-state index contributed by atoms with van der Waals surface area (Å²) in [5, 5.41) is 12.9. The van der Waals surface area contributed by atoms with Gasteiger partial charge in [-0.25, -0.2) is 4.68 Å². The van der Waals surface area contributed by atoms with Gasteiger partial charge in [-0.15, -0.1) is 5.10 Å². The fourth-order valence-electron chi connectivity index (χ4n) is 3.50. The van der Waals surface area contributed by atoms with Crippen LogP contribution in [0.15, 0.2) is 24.3 Å². The van der Waals surface area contributed by atoms with E-state index >= 15 is 0 Å². The Hall–Kier alpha value is -1.75. The van der Waals surface area contributed by atoms with Crippen molar-refractivity contribution in [2.75, 3.05) is 13.1 Å². The number of likely N-dealkylation sites (tertiary alicyclic amines) is 1. The van der Waals surface area contributed by atoms with Crippen molar-refractivity contribution < 1.29 is 0 Å². The molecule has 1 aliphatic heterocycles. The van der Waals surface area contributed by atoms with Gasteiger partial charge in [0.15, 0.2) is 5.82 Å². The van der Waals surface area contributed by atoms with Crippen LogP contribution in [0.2, 0.25) is 0 Å². The topological polar surface area (TPSA) is 46.8 Å². The van der Waals surface area contributed by atoms with Gasteiger partial charge in [0.05, 0.1) is 11.6 Å². The lowest BCUT2D eigenvalue weighted by atomic mass is 9.94. The van der Waals surface area contributed by atoms with Crippen LogP contribution < -0.4 is 0 Å². The maximum Gasteiger partial charge on any atom is 0.173 e. The minimum atomic E-state index is -0.0924. The second-order valence-electron chi connectivity index (χ2n) is 8.15. The van der Waals surface area contributed by atoms with E-state index in [4.69, 9.17) is 0 Å². The molecule has 1 aromatic heterocycles. The lowest BCUT2D eigenvalue weighted by Gasteiger charge is -2.37. The minimum Gasteiger partial charge on any atom is -0.290 e. The molecule has 1 aliphatic rings. The molecule has 1 fully saturated rings. The highest BCUT2D eigenvalue weighted by Crippen LogP contribution is 2.33. The molecule has 5 heteroatoms. The summed E-state index contributed by atoms with van der Waals surface area (Å²) in [7, 11) is 0. The Balaban J connectivity index is 2.03. The van der Waals surface area contributed by atoms with E-state index in [2.05, 4.69) is 79.3 Å². The predicted octanol–water partition coefficient (Wildman–Crippen LogP) is 3.95. The third-order valence-electron chi connectivity index (χ3n) is 5.75. The van der Waals surface area contributed by atoms with Crippen LogP contribution in [0.25, 0.3) is 0 Å². The highest BCUT2D eigenvalue weighted by Gasteiger charge is 2.33. The highest BCUT2D eigenvalue weighted by molar-refractivity contribution is 5.28. The molecule has 1 atom stereocenters. The fourth-order valence-corrected chi connectivity index (χ4v) is 3.50. The van der Waals surface area contributed by atoms with Crippen LogP contribution in [0.1, 0.15) is 70.0 Å². The van der Waals surface area contributed by atoms with Crippen molar-refractivity contribution >= 4 is 0 Å². The number of hydrogen-bond donors (Lipinski definition) is 0. The van der Waals surface area contributed by atoms with Crippen molar-refractivity contribution in [3.63, 3.8) is 0 Å². The van der Waals surface area contributed by atoms with Gasteiger partial charge in [0, 0.05) is 0 Å². The van der Waals surface area contributed by atoms with E-state index in [1.165, 1.54) is 24.0 Å². The molecular weight excluding hydrogens is 310 g/mol. The number of benzene rings is 1. The number of hydrogen-bond acceptors (Lipinski definition) is 4. The normalized spacial score (nSPS) is 18.4. The first kappa shape index (κ1) is 18.1. The quantitative estimate of drug-likeness (QED) is 0.826. The second-order valence-corrected chi connectivity index (χ2v) is 8.15. The molecule has 136 valence electrons. The first-order valence-electron chi connectivity index (χ1n) is 9.51. The molecule has 0 N–H and O–H groups in total. The van der Waals surface area contributed by atoms with Gasteiger partial charge < -0.3 is 0 Å². The Kier molecular flexibility index (Phi) is 5.23. The minimum absolute atomic E-state index is 0.0924. The van der Waals surface area contributed by atoms with Crippen molar-refractivity contribution in [1.82, 2.24) is 25.1 Å². The van der Waals surface area contributed by atoms with Crippen molar-refractivity contribution in [3.05, 3.63) is 41.2 Å². The van der Waals surface area contributed by atoms with Crippen LogP contribution in [-0.4, -0.2) is 38.2 Å². The van der Waals surface area contributed by atoms with E-state index in [1.807, 2.05) is 4.68 Å². The Morgan fingerprint density at radius 3 is 2.40 bits per heavy atom. The van der Waals surface area contributed by atoms with E-state index in [1.54, 1.807) is 0 Å². The van der Waals surface area contributed by atoms with Gasteiger partial charge in [0.25, 0.3) is 0 Å². The molecule has 0 radical (unpaired) electrons. The van der Waals surface area contributed by atoms with Gasteiger partial charge in [-0.2, -0.15) is 0 Å². The summed E-state index contributed by atoms with van der Waals surface area (Å²) in [6.45, 7) is 13.3. The molecule has 25 heavy (non-hydrogen) atoms. The summed E-state index contributed by atoms with van der Waals surface area (Å²) in [6.07, 6.45) is 3.46. The zero-order valence-electron chi connectivity index (χ0n) is 16.2. The van der Waals surface area contributed by atoms with E-state index < -0.39 is 0 Å². The average molecular weight is 342 g/mol. The monoisotopic (exact) mass is 341 g/mol. The Labute approximate surface area is 151 Å². The number of nitrogens with zero attached hydrogens (tertiary/aromatic N) is 5. The molecule has 0 bridgehead atoms. The third-order valence-corrected chi connectivity index (χ3v) is 5.75. The standard InChI is InChI=1S/C20H31N5/c1-6-20(4,5)25-19(21-22-23-25)18(17-9-7-15(2)8-10-17)24-13-11-16(3)12-14-24/h7-10,16,18H,6,11-14H2,1-5H3/t18-/m0/s1. The molecule has 3 rings (SSSR count). The lowest BCUT2D eigenvalue weighted by molar-refractivity contribution is 0.143. The smallest absolute Gasteiger partial charge is 0.173 e. The van der Waals surface area contributed by atoms with Gasteiger partial charge in [0.2, 0.25) is 0 Å². The largest absolute Gasteiger partial charge is 0.290 e. The molecule has 2 heterocycles. The Morgan fingerprint density at radius 2 is 1.80 bits per heavy atom. The van der Waals surface area contributed by atoms with Crippen molar-refractivity contribution in [3.8, 4) is 0 Å². The van der Waals surface area contributed by atoms with E-state index in [0.29, 0.717) is 0 Å². The number of aromatic nitrogens is 4. The number of aryl methyl sites for hydroxylation is 1. The first-order valence-corrected chi connectivity index (χ1v) is 9.51. The van der Waals surface area contributed by atoms with E-state index in [0.717, 1.165) is 31.3 Å². The van der Waals surface area contributed by atoms with Crippen molar-refractivity contribution in [2.45, 2.75) is 65.5 Å². The maximum absolute atomic E-state index is 4.48. The maximum atomic E-state index is 4.48. The van der Waals surface area contributed by atoms with Crippen LogP contribution in [0.4, 0.5) is 0 Å². The lowest BCUT2D eigenvalue weighted by Crippen LogP contribution is -2.40. The molecule has 0 amide bonds. The third kappa shape index (κ3) is 3.76. The molecule has 0 aliphatic carbocycles. The summed E-state index contributed by atoms with van der Waals surface area (Å²) >= 11 is 0. The second kappa shape index (κ2) is 7.24. The molecule has 1 aromatic carbocycles. The average Bonchev–Trinajstić information content (AvgIpc) is 3.09. The van der Waals surface area contributed by atoms with Gasteiger partial charge in [-0.1, -0.05) is 43.7 Å². The summed E-state index contributed by atoms with van der Waals surface area (Å²) in [4.78, 5) is 2.55. The first-order chi connectivity index (χ1) is 11.9. The molecule has 2 aromatic rings. The zero-order chi connectivity index (χ0) is 18.0. The summed E-state index contributed by atoms with van der Waals surface area (Å²) < 4.78 is 2.04. The molecule has 5 nitrogen and oxygen atoms in total. The van der Waals surface area contributed by atoms with Gasteiger partial charge in [-0.3, -0.25) is 4.90 Å². The van der Waals surface area contributed by atoms with Crippen LogP contribution >= 0.6 is 0 Å². The molecule has 0 spiro atoms. The Morgan fingerprint density at radius 1 is 1.16 bits per heavy atom. The summed E-state index contributed by atoms with van der Waals surface area (Å²) in [5.74, 6) is 1.77. The van der Waals surface area contributed by atoms with Gasteiger partial charge in [-0.05, 0) is 75.0 Å². The van der Waals surface area contributed by atoms with Crippen molar-refractivity contribution in [2.24, 2.45) is 5.92 Å². The van der Waals surface area contributed by atoms with E-state index in [9.17, 15) is 0 Å². The Bertz CT molecular complexity index is 680. The number of piperidine rings is 1. The number of tetrazole rings is 1. The van der Waals surface area contributed by atoms with Crippen LogP contribution in [0.3, 0.4) is 0 Å². The molecule has 0 saturated carbocycles. The van der Waals surface area contributed by atoms with Gasteiger partial charge in [0.1, 0.15) is 0 Å². The number of rotatable bonds is 5. The summed E-state index contributed by atoms with van der Waals surface area (Å²) in [5.41, 5.74) is 2.47. The predicted molar refractivity (Wildman–Crippen MR) is 100 cm³/mol. The zero-order valence-corrected chi connectivity index (χ0v) is 16.2. The van der Waals surface area contributed by atoms with Crippen LogP contribution in [0.5, 0.6) is 0 Å². The molecule has 1 saturated heterocycles. The van der Waals surface area contributed by atoms with Crippen LogP contribution in [0, 0.1) is 12.8 Å². The fraction of sp³-hybridized carbons (Fsp3) is 0.650. The van der Waals surface area contributed by atoms with E-state index in [-0.39, 0.29) is 11.6 Å². The SMILES string of the molecule is CCC(C)(C)n1nnnc1[C@H](c1ccc(C)cc1)N1CCC(C)CC1. The highest BCUT2D eigenvalue weighted by atomic mass is 15.6. The van der Waals surface area contributed by atoms with Crippen LogP contribution in [-0.2, 0) is 5.54 Å².